The van der Waals surface area contributed by atoms with Gasteiger partial charge in [-0.3, -0.25) is 0 Å². The van der Waals surface area contributed by atoms with E-state index in [4.69, 9.17) is 0 Å². The highest BCUT2D eigenvalue weighted by Crippen LogP contribution is 2.33. The van der Waals surface area contributed by atoms with Crippen LogP contribution in [-0.2, 0) is 0 Å². The molecule has 0 aromatic heterocycles. The van der Waals surface area contributed by atoms with Crippen molar-refractivity contribution in [3.05, 3.63) is 36.0 Å². The topological polar surface area (TPSA) is 0 Å². The van der Waals surface area contributed by atoms with Gasteiger partial charge >= 0.3 is 0 Å². The first-order valence-corrected chi connectivity index (χ1v) is 3.60. The molecule has 1 aliphatic carbocycles. The van der Waals surface area contributed by atoms with Gasteiger partial charge in [0, 0.05) is 0 Å². The van der Waals surface area contributed by atoms with Crippen LogP contribution in [0.3, 0.4) is 0 Å². The third-order valence-corrected chi connectivity index (χ3v) is 1.71. The Bertz CT molecular complexity index is 209. The minimum Gasteiger partial charge on any atom is -0.0915 e. The van der Waals surface area contributed by atoms with Crippen LogP contribution in [0.1, 0.15) is 20.8 Å². The summed E-state index contributed by atoms with van der Waals surface area (Å²) in [5.74, 6) is 0. The molecule has 0 saturated carbocycles. The molecule has 0 unspecified atom stereocenters. The zero-order chi connectivity index (χ0) is 7.78. The van der Waals surface area contributed by atoms with Crippen LogP contribution in [0.25, 0.3) is 0 Å². The summed E-state index contributed by atoms with van der Waals surface area (Å²) in [5.41, 5.74) is 2.76. The van der Waals surface area contributed by atoms with Crippen LogP contribution in [0, 0.1) is 5.41 Å². The van der Waals surface area contributed by atoms with Gasteiger partial charge in [0.05, 0.1) is 0 Å². The second-order valence-corrected chi connectivity index (χ2v) is 3.71. The SMILES string of the molecule is C=C1C=CC=C1C(C)(C)C. The van der Waals surface area contributed by atoms with Gasteiger partial charge in [0.2, 0.25) is 0 Å². The molecule has 0 radical (unpaired) electrons. The lowest BCUT2D eigenvalue weighted by Crippen LogP contribution is -2.08. The molecule has 0 nitrogen and oxygen atoms in total. The van der Waals surface area contributed by atoms with Crippen molar-refractivity contribution in [2.75, 3.05) is 0 Å². The monoisotopic (exact) mass is 134 g/mol. The second-order valence-electron chi connectivity index (χ2n) is 3.71. The predicted octanol–water partition coefficient (Wildman–Crippen LogP) is 3.08. The molecule has 0 spiro atoms. The maximum Gasteiger partial charge on any atom is -0.0126 e. The number of rotatable bonds is 0. The number of allylic oxidation sites excluding steroid dienone is 5. The molecule has 10 heavy (non-hydrogen) atoms. The van der Waals surface area contributed by atoms with Crippen molar-refractivity contribution < 1.29 is 0 Å². The minimum atomic E-state index is 0.251. The molecule has 1 aliphatic rings. The molecule has 0 aromatic rings. The van der Waals surface area contributed by atoms with E-state index in [1.165, 1.54) is 5.57 Å². The van der Waals surface area contributed by atoms with Gasteiger partial charge in [-0.1, -0.05) is 45.6 Å². The summed E-state index contributed by atoms with van der Waals surface area (Å²) >= 11 is 0. The first-order valence-electron chi connectivity index (χ1n) is 3.60. The highest BCUT2D eigenvalue weighted by molar-refractivity contribution is 5.48. The zero-order valence-electron chi connectivity index (χ0n) is 6.94. The Balaban J connectivity index is 2.88. The van der Waals surface area contributed by atoms with Crippen molar-refractivity contribution in [1.29, 1.82) is 0 Å². The van der Waals surface area contributed by atoms with E-state index < -0.39 is 0 Å². The summed E-state index contributed by atoms with van der Waals surface area (Å²) in [4.78, 5) is 0. The predicted molar refractivity (Wildman–Crippen MR) is 45.8 cm³/mol. The van der Waals surface area contributed by atoms with Crippen LogP contribution in [0.15, 0.2) is 36.0 Å². The van der Waals surface area contributed by atoms with Gasteiger partial charge in [0.15, 0.2) is 0 Å². The van der Waals surface area contributed by atoms with Crippen molar-refractivity contribution in [2.24, 2.45) is 5.41 Å². The number of hydrogen-bond acceptors (Lipinski definition) is 0. The maximum atomic E-state index is 3.95. The van der Waals surface area contributed by atoms with E-state index in [2.05, 4.69) is 45.6 Å². The molecular weight excluding hydrogens is 120 g/mol. The average molecular weight is 134 g/mol. The standard InChI is InChI=1S/C10H14/c1-8-6-5-7-9(8)10(2,3)4/h5-7H,1H2,2-4H3. The molecule has 54 valence electrons. The first-order chi connectivity index (χ1) is 4.52. The van der Waals surface area contributed by atoms with E-state index in [1.54, 1.807) is 0 Å². The van der Waals surface area contributed by atoms with Gasteiger partial charge in [-0.15, -0.1) is 0 Å². The van der Waals surface area contributed by atoms with E-state index in [0.29, 0.717) is 0 Å². The third-order valence-electron chi connectivity index (χ3n) is 1.71. The summed E-state index contributed by atoms with van der Waals surface area (Å²) in [5, 5.41) is 0. The fourth-order valence-corrected chi connectivity index (χ4v) is 1.19. The van der Waals surface area contributed by atoms with Crippen LogP contribution >= 0.6 is 0 Å². The minimum absolute atomic E-state index is 0.251. The van der Waals surface area contributed by atoms with Crippen LogP contribution in [-0.4, -0.2) is 0 Å². The van der Waals surface area contributed by atoms with E-state index in [9.17, 15) is 0 Å². The van der Waals surface area contributed by atoms with Gasteiger partial charge in [0.25, 0.3) is 0 Å². The Morgan fingerprint density at radius 3 is 2.10 bits per heavy atom. The molecule has 0 saturated heterocycles. The van der Waals surface area contributed by atoms with E-state index >= 15 is 0 Å². The molecule has 0 fully saturated rings. The zero-order valence-corrected chi connectivity index (χ0v) is 6.94. The average Bonchev–Trinajstić information content (AvgIpc) is 2.11. The molecule has 0 N–H and O–H groups in total. The van der Waals surface area contributed by atoms with Crippen LogP contribution < -0.4 is 0 Å². The highest BCUT2D eigenvalue weighted by atomic mass is 14.2. The lowest BCUT2D eigenvalue weighted by atomic mass is 9.84. The van der Waals surface area contributed by atoms with E-state index in [-0.39, 0.29) is 5.41 Å². The van der Waals surface area contributed by atoms with Crippen molar-refractivity contribution in [2.45, 2.75) is 20.8 Å². The van der Waals surface area contributed by atoms with Crippen molar-refractivity contribution in [3.63, 3.8) is 0 Å². The van der Waals surface area contributed by atoms with Gasteiger partial charge < -0.3 is 0 Å². The molecule has 0 atom stereocenters. The van der Waals surface area contributed by atoms with Crippen molar-refractivity contribution >= 4 is 0 Å². The van der Waals surface area contributed by atoms with Crippen molar-refractivity contribution in [1.82, 2.24) is 0 Å². The summed E-state index contributed by atoms with van der Waals surface area (Å²) in [6, 6.07) is 0. The van der Waals surface area contributed by atoms with E-state index in [0.717, 1.165) is 5.57 Å². The third kappa shape index (κ3) is 1.21. The lowest BCUT2D eigenvalue weighted by Gasteiger charge is -2.20. The van der Waals surface area contributed by atoms with Gasteiger partial charge in [0.1, 0.15) is 0 Å². The van der Waals surface area contributed by atoms with Gasteiger partial charge in [-0.25, -0.2) is 0 Å². The molecule has 0 heterocycles. The normalized spacial score (nSPS) is 17.9. The highest BCUT2D eigenvalue weighted by Gasteiger charge is 2.19. The Hall–Kier alpha value is -0.780. The molecule has 0 bridgehead atoms. The van der Waals surface area contributed by atoms with E-state index in [1.807, 2.05) is 0 Å². The number of hydrogen-bond donors (Lipinski definition) is 0. The first kappa shape index (κ1) is 7.33. The molecule has 0 heteroatoms. The van der Waals surface area contributed by atoms with Crippen LogP contribution in [0.4, 0.5) is 0 Å². The fraction of sp³-hybridized carbons (Fsp3) is 0.400. The Kier molecular flexibility index (Phi) is 1.55. The van der Waals surface area contributed by atoms with Gasteiger partial charge in [-0.2, -0.15) is 0 Å². The largest absolute Gasteiger partial charge is 0.0915 e. The summed E-state index contributed by atoms with van der Waals surface area (Å²) in [7, 11) is 0. The summed E-state index contributed by atoms with van der Waals surface area (Å²) in [6.07, 6.45) is 6.26. The second kappa shape index (κ2) is 2.12. The van der Waals surface area contributed by atoms with Gasteiger partial charge in [-0.05, 0) is 16.6 Å². The summed E-state index contributed by atoms with van der Waals surface area (Å²) < 4.78 is 0. The molecule has 1 rings (SSSR count). The molecule has 0 aromatic carbocycles. The van der Waals surface area contributed by atoms with Crippen LogP contribution in [0.5, 0.6) is 0 Å². The fourth-order valence-electron chi connectivity index (χ4n) is 1.19. The maximum absolute atomic E-state index is 3.95. The summed E-state index contributed by atoms with van der Waals surface area (Å²) in [6.45, 7) is 10.6. The van der Waals surface area contributed by atoms with Crippen molar-refractivity contribution in [3.8, 4) is 0 Å². The molecule has 0 amide bonds. The van der Waals surface area contributed by atoms with Crippen LogP contribution in [0.2, 0.25) is 0 Å². The Labute approximate surface area is 62.9 Å². The smallest absolute Gasteiger partial charge is 0.0126 e. The molecular formula is C10H14. The Morgan fingerprint density at radius 1 is 1.30 bits per heavy atom. The Morgan fingerprint density at radius 2 is 1.90 bits per heavy atom. The lowest BCUT2D eigenvalue weighted by molar-refractivity contribution is 0.514. The quantitative estimate of drug-likeness (QED) is 0.477. The molecule has 0 aliphatic heterocycles.